The number of hydrogen-bond donors (Lipinski definition) is 1. The van der Waals surface area contributed by atoms with Crippen LogP contribution in [0.15, 0.2) is 0 Å². The smallest absolute Gasteiger partial charge is 0.233 e. The van der Waals surface area contributed by atoms with Gasteiger partial charge >= 0.3 is 0 Å². The highest BCUT2D eigenvalue weighted by molar-refractivity contribution is 6.03. The average molecular weight is 226 g/mol. The second kappa shape index (κ2) is 4.95. The van der Waals surface area contributed by atoms with Crippen LogP contribution >= 0.6 is 0 Å². The molecule has 0 saturated carbocycles. The fourth-order valence-corrected chi connectivity index (χ4v) is 1.96. The van der Waals surface area contributed by atoms with Crippen molar-refractivity contribution in [2.75, 3.05) is 19.6 Å². The third kappa shape index (κ3) is 2.82. The maximum absolute atomic E-state index is 12.0. The molecule has 0 aromatic heterocycles. The summed E-state index contributed by atoms with van der Waals surface area (Å²) in [4.78, 5) is 25.1. The number of nitrogens with zero attached hydrogens (tertiary/aromatic N) is 1. The molecule has 0 spiro atoms. The summed E-state index contributed by atoms with van der Waals surface area (Å²) >= 11 is 0. The molecule has 1 aliphatic heterocycles. The van der Waals surface area contributed by atoms with Gasteiger partial charge in [0, 0.05) is 19.5 Å². The van der Waals surface area contributed by atoms with Crippen molar-refractivity contribution in [3.05, 3.63) is 0 Å². The van der Waals surface area contributed by atoms with E-state index in [-0.39, 0.29) is 23.1 Å². The van der Waals surface area contributed by atoms with Crippen molar-refractivity contribution in [1.82, 2.24) is 10.2 Å². The Balaban J connectivity index is 2.61. The predicted molar refractivity (Wildman–Crippen MR) is 62.8 cm³/mol. The number of likely N-dealkylation sites (N-methyl/N-ethyl adjacent to an activating group) is 1. The van der Waals surface area contributed by atoms with Crippen molar-refractivity contribution >= 4 is 11.8 Å². The number of rotatable bonds is 4. The maximum Gasteiger partial charge on any atom is 0.233 e. The fourth-order valence-electron chi connectivity index (χ4n) is 1.96. The van der Waals surface area contributed by atoms with Crippen molar-refractivity contribution in [2.45, 2.75) is 34.1 Å². The molecule has 16 heavy (non-hydrogen) atoms. The van der Waals surface area contributed by atoms with E-state index in [9.17, 15) is 9.59 Å². The third-order valence-electron chi connectivity index (χ3n) is 3.05. The highest BCUT2D eigenvalue weighted by atomic mass is 16.2. The fraction of sp³-hybridized carbons (Fsp3) is 0.833. The van der Waals surface area contributed by atoms with Crippen LogP contribution < -0.4 is 5.32 Å². The number of nitrogens with one attached hydrogen (secondary N) is 1. The van der Waals surface area contributed by atoms with Crippen LogP contribution in [0.4, 0.5) is 0 Å². The Morgan fingerprint density at radius 2 is 2.00 bits per heavy atom. The lowest BCUT2D eigenvalue weighted by Gasteiger charge is -2.24. The maximum atomic E-state index is 12.0. The minimum atomic E-state index is -0.151. The Kier molecular flexibility index (Phi) is 4.08. The van der Waals surface area contributed by atoms with Gasteiger partial charge in [-0.3, -0.25) is 14.5 Å². The largest absolute Gasteiger partial charge is 0.315 e. The van der Waals surface area contributed by atoms with Crippen LogP contribution in [0, 0.1) is 11.3 Å². The lowest BCUT2D eigenvalue weighted by molar-refractivity contribution is -0.140. The molecule has 4 nitrogen and oxygen atoms in total. The van der Waals surface area contributed by atoms with Gasteiger partial charge in [0.05, 0.1) is 5.92 Å². The molecule has 0 bridgehead atoms. The zero-order valence-corrected chi connectivity index (χ0v) is 10.7. The first-order valence-electron chi connectivity index (χ1n) is 5.93. The molecule has 92 valence electrons. The number of amides is 2. The molecule has 1 N–H and O–H groups in total. The molecule has 4 heteroatoms. The Morgan fingerprint density at radius 3 is 2.44 bits per heavy atom. The summed E-state index contributed by atoms with van der Waals surface area (Å²) in [5, 5.41) is 3.12. The van der Waals surface area contributed by atoms with E-state index in [1.54, 1.807) is 0 Å². The normalized spacial score (nSPS) is 22.0. The number of likely N-dealkylation sites (tertiary alicyclic amines) is 1. The van der Waals surface area contributed by atoms with E-state index < -0.39 is 0 Å². The van der Waals surface area contributed by atoms with Crippen molar-refractivity contribution in [3.8, 4) is 0 Å². The topological polar surface area (TPSA) is 49.4 Å². The highest BCUT2D eigenvalue weighted by Gasteiger charge is 2.44. The molecule has 0 radical (unpaired) electrons. The molecule has 0 aliphatic carbocycles. The molecule has 1 atom stereocenters. The second-order valence-electron chi connectivity index (χ2n) is 5.36. The Labute approximate surface area is 97.4 Å². The number of imide groups is 1. The summed E-state index contributed by atoms with van der Waals surface area (Å²) in [6, 6.07) is 0. The van der Waals surface area contributed by atoms with Gasteiger partial charge in [0.2, 0.25) is 11.8 Å². The SMILES string of the molecule is CCNCCN1C(=O)CC(C(C)(C)C)C1=O. The molecule has 0 aromatic rings. The van der Waals surface area contributed by atoms with E-state index in [1.165, 1.54) is 4.90 Å². The molecule has 0 aromatic carbocycles. The average Bonchev–Trinajstić information content (AvgIpc) is 2.44. The zero-order valence-electron chi connectivity index (χ0n) is 10.7. The molecule has 1 rings (SSSR count). The van der Waals surface area contributed by atoms with Crippen molar-refractivity contribution in [3.63, 3.8) is 0 Å². The van der Waals surface area contributed by atoms with Gasteiger partial charge in [-0.1, -0.05) is 27.7 Å². The van der Waals surface area contributed by atoms with Crippen molar-refractivity contribution in [2.24, 2.45) is 11.3 Å². The van der Waals surface area contributed by atoms with Crippen molar-refractivity contribution in [1.29, 1.82) is 0 Å². The third-order valence-corrected chi connectivity index (χ3v) is 3.05. The van der Waals surface area contributed by atoms with Gasteiger partial charge in [-0.05, 0) is 12.0 Å². The van der Waals surface area contributed by atoms with Gasteiger partial charge in [-0.15, -0.1) is 0 Å². The standard InChI is InChI=1S/C12H22N2O2/c1-5-13-6-7-14-10(15)8-9(11(14)16)12(2,3)4/h9,13H,5-8H2,1-4H3. The monoisotopic (exact) mass is 226 g/mol. The Bertz CT molecular complexity index is 281. The van der Waals surface area contributed by atoms with E-state index in [0.29, 0.717) is 19.5 Å². The lowest BCUT2D eigenvalue weighted by Crippen LogP contribution is -2.38. The van der Waals surface area contributed by atoms with Crippen LogP contribution in [0.5, 0.6) is 0 Å². The van der Waals surface area contributed by atoms with E-state index >= 15 is 0 Å². The predicted octanol–water partition coefficient (Wildman–Crippen LogP) is 1.02. The van der Waals surface area contributed by atoms with Gasteiger partial charge in [0.15, 0.2) is 0 Å². The van der Waals surface area contributed by atoms with Crippen LogP contribution in [0.2, 0.25) is 0 Å². The van der Waals surface area contributed by atoms with Crippen molar-refractivity contribution < 1.29 is 9.59 Å². The summed E-state index contributed by atoms with van der Waals surface area (Å²) in [6.45, 7) is 10.1. The number of carbonyl (C=O) groups is 2. The zero-order chi connectivity index (χ0) is 12.3. The summed E-state index contributed by atoms with van der Waals surface area (Å²) in [5.74, 6) is -0.181. The number of carbonyl (C=O) groups excluding carboxylic acids is 2. The molecule has 1 fully saturated rings. The molecule has 1 aliphatic rings. The second-order valence-corrected chi connectivity index (χ2v) is 5.36. The van der Waals surface area contributed by atoms with Gasteiger partial charge in [0.1, 0.15) is 0 Å². The van der Waals surface area contributed by atoms with Crippen LogP contribution in [-0.2, 0) is 9.59 Å². The minimum absolute atomic E-state index is 0.00426. The van der Waals surface area contributed by atoms with E-state index in [0.717, 1.165) is 6.54 Å². The van der Waals surface area contributed by atoms with Crippen LogP contribution in [0.3, 0.4) is 0 Å². The molecule has 1 unspecified atom stereocenters. The molecular formula is C12H22N2O2. The Morgan fingerprint density at radius 1 is 1.38 bits per heavy atom. The first-order chi connectivity index (χ1) is 7.38. The van der Waals surface area contributed by atoms with Gasteiger partial charge in [-0.25, -0.2) is 0 Å². The van der Waals surface area contributed by atoms with E-state index in [4.69, 9.17) is 0 Å². The highest BCUT2D eigenvalue weighted by Crippen LogP contribution is 2.35. The molecular weight excluding hydrogens is 204 g/mol. The Hall–Kier alpha value is -0.900. The van der Waals surface area contributed by atoms with Crippen LogP contribution in [-0.4, -0.2) is 36.3 Å². The number of hydrogen-bond acceptors (Lipinski definition) is 3. The first-order valence-corrected chi connectivity index (χ1v) is 5.93. The van der Waals surface area contributed by atoms with Gasteiger partial charge in [-0.2, -0.15) is 0 Å². The summed E-state index contributed by atoms with van der Waals surface area (Å²) in [7, 11) is 0. The minimum Gasteiger partial charge on any atom is -0.315 e. The molecule has 1 saturated heterocycles. The quantitative estimate of drug-likeness (QED) is 0.575. The van der Waals surface area contributed by atoms with Gasteiger partial charge in [0.25, 0.3) is 0 Å². The summed E-state index contributed by atoms with van der Waals surface area (Å²) < 4.78 is 0. The first kappa shape index (κ1) is 13.2. The summed E-state index contributed by atoms with van der Waals surface area (Å²) in [6.07, 6.45) is 0.370. The van der Waals surface area contributed by atoms with Gasteiger partial charge < -0.3 is 5.32 Å². The summed E-state index contributed by atoms with van der Waals surface area (Å²) in [5.41, 5.74) is -0.125. The lowest BCUT2D eigenvalue weighted by atomic mass is 9.80. The van der Waals surface area contributed by atoms with E-state index in [2.05, 4.69) is 5.32 Å². The molecule has 1 heterocycles. The van der Waals surface area contributed by atoms with Crippen LogP contribution in [0.25, 0.3) is 0 Å². The van der Waals surface area contributed by atoms with Crippen LogP contribution in [0.1, 0.15) is 34.1 Å². The van der Waals surface area contributed by atoms with E-state index in [1.807, 2.05) is 27.7 Å². The molecule has 2 amide bonds.